The van der Waals surface area contributed by atoms with Gasteiger partial charge in [-0.15, -0.1) is 0 Å². The number of hydrogen-bond acceptors (Lipinski definition) is 6. The molecule has 0 bridgehead atoms. The van der Waals surface area contributed by atoms with Gasteiger partial charge in [0.25, 0.3) is 0 Å². The van der Waals surface area contributed by atoms with Gasteiger partial charge in [0.2, 0.25) is 0 Å². The number of rotatable bonds is 12. The van der Waals surface area contributed by atoms with E-state index in [1.54, 1.807) is 6.07 Å². The Morgan fingerprint density at radius 2 is 2.15 bits per heavy atom. The van der Waals surface area contributed by atoms with E-state index in [0.717, 1.165) is 45.4 Å². The number of ether oxygens (including phenoxy) is 3. The molecule has 1 fully saturated rings. The third-order valence-electron chi connectivity index (χ3n) is 6.05. The number of aliphatic hydroxyl groups is 1. The lowest BCUT2D eigenvalue weighted by Gasteiger charge is -2.35. The first-order valence-corrected chi connectivity index (χ1v) is 11.8. The number of allylic oxidation sites excluding steroid dienone is 4. The van der Waals surface area contributed by atoms with Crippen LogP contribution in [0.15, 0.2) is 54.8 Å². The summed E-state index contributed by atoms with van der Waals surface area (Å²) in [6.45, 7) is 10.4. The molecular weight excluding hydrogens is 423 g/mol. The van der Waals surface area contributed by atoms with Gasteiger partial charge in [0.1, 0.15) is 30.9 Å². The zero-order valence-electron chi connectivity index (χ0n) is 19.5. The summed E-state index contributed by atoms with van der Waals surface area (Å²) in [5, 5.41) is 13.0. The van der Waals surface area contributed by atoms with Crippen LogP contribution in [-0.4, -0.2) is 68.2 Å². The van der Waals surface area contributed by atoms with E-state index < -0.39 is 0 Å². The molecular formula is C26H37FN2O4. The molecule has 182 valence electrons. The highest BCUT2D eigenvalue weighted by Gasteiger charge is 2.26. The zero-order valence-corrected chi connectivity index (χ0v) is 19.5. The minimum atomic E-state index is -0.311. The normalized spacial score (nSPS) is 20.4. The smallest absolute Gasteiger partial charge is 0.164 e. The molecule has 0 aliphatic carbocycles. The van der Waals surface area contributed by atoms with Crippen LogP contribution in [0, 0.1) is 11.7 Å². The van der Waals surface area contributed by atoms with Crippen LogP contribution in [0.5, 0.6) is 11.5 Å². The molecule has 2 atom stereocenters. The SMILES string of the molecule is C=C(/C=C\C=C/C)OC[C@H](CO)NCCC1CCN(C[C@H]2COc3ccc(F)cc3O2)CC1. The third kappa shape index (κ3) is 8.50. The van der Waals surface area contributed by atoms with Crippen LogP contribution in [0.3, 0.4) is 0 Å². The van der Waals surface area contributed by atoms with Crippen molar-refractivity contribution in [3.05, 3.63) is 60.7 Å². The maximum atomic E-state index is 13.5. The van der Waals surface area contributed by atoms with Crippen molar-refractivity contribution in [3.8, 4) is 11.5 Å². The quantitative estimate of drug-likeness (QED) is 0.367. The van der Waals surface area contributed by atoms with E-state index in [1.165, 1.54) is 12.1 Å². The topological polar surface area (TPSA) is 63.2 Å². The summed E-state index contributed by atoms with van der Waals surface area (Å²) in [6, 6.07) is 4.29. The lowest BCUT2D eigenvalue weighted by atomic mass is 9.93. The van der Waals surface area contributed by atoms with Crippen molar-refractivity contribution >= 4 is 0 Å². The van der Waals surface area contributed by atoms with E-state index in [-0.39, 0.29) is 24.6 Å². The van der Waals surface area contributed by atoms with Gasteiger partial charge in [0, 0.05) is 12.6 Å². The molecule has 0 saturated carbocycles. The highest BCUT2D eigenvalue weighted by atomic mass is 19.1. The van der Waals surface area contributed by atoms with E-state index >= 15 is 0 Å². The fraction of sp³-hybridized carbons (Fsp3) is 0.538. The summed E-state index contributed by atoms with van der Waals surface area (Å²) >= 11 is 0. The number of hydrogen-bond donors (Lipinski definition) is 2. The predicted octanol–water partition coefficient (Wildman–Crippen LogP) is 3.68. The van der Waals surface area contributed by atoms with Gasteiger partial charge in [-0.1, -0.05) is 24.8 Å². The molecule has 33 heavy (non-hydrogen) atoms. The maximum Gasteiger partial charge on any atom is 0.164 e. The summed E-state index contributed by atoms with van der Waals surface area (Å²) < 4.78 is 30.7. The number of likely N-dealkylation sites (tertiary alicyclic amines) is 1. The molecule has 1 saturated heterocycles. The standard InChI is InChI=1S/C26H37FN2O4/c1-3-4-5-6-20(2)31-18-23(17-30)28-12-9-21-10-13-29(14-11-21)16-24-19-32-25-8-7-22(27)15-26(25)33-24/h3-8,15,21,23-24,28,30H,2,9-14,16-19H2,1H3/b4-3-,6-5-/t23-,24-/m0/s1. The van der Waals surface area contributed by atoms with Crippen molar-refractivity contribution in [2.75, 3.05) is 46.0 Å². The van der Waals surface area contributed by atoms with Crippen LogP contribution in [0.2, 0.25) is 0 Å². The number of aliphatic hydroxyl groups excluding tert-OH is 1. The first-order chi connectivity index (χ1) is 16.1. The van der Waals surface area contributed by atoms with E-state index in [0.29, 0.717) is 36.4 Å². The Balaban J connectivity index is 1.30. The van der Waals surface area contributed by atoms with Crippen molar-refractivity contribution in [3.63, 3.8) is 0 Å². The average molecular weight is 461 g/mol. The predicted molar refractivity (Wildman–Crippen MR) is 128 cm³/mol. The Hall–Kier alpha value is -2.35. The van der Waals surface area contributed by atoms with Crippen LogP contribution in [0.1, 0.15) is 26.2 Å². The molecule has 7 heteroatoms. The van der Waals surface area contributed by atoms with Gasteiger partial charge in [-0.25, -0.2) is 4.39 Å². The maximum absolute atomic E-state index is 13.5. The van der Waals surface area contributed by atoms with Crippen molar-refractivity contribution in [2.45, 2.75) is 38.3 Å². The second kappa shape index (κ2) is 13.4. The van der Waals surface area contributed by atoms with Crippen LogP contribution in [-0.2, 0) is 4.74 Å². The van der Waals surface area contributed by atoms with Crippen LogP contribution >= 0.6 is 0 Å². The molecule has 2 aliphatic rings. The van der Waals surface area contributed by atoms with Gasteiger partial charge >= 0.3 is 0 Å². The van der Waals surface area contributed by atoms with Crippen LogP contribution in [0.25, 0.3) is 0 Å². The van der Waals surface area contributed by atoms with Crippen molar-refractivity contribution in [1.29, 1.82) is 0 Å². The number of benzene rings is 1. The lowest BCUT2D eigenvalue weighted by molar-refractivity contribution is 0.0467. The van der Waals surface area contributed by atoms with Crippen molar-refractivity contribution in [1.82, 2.24) is 10.2 Å². The minimum absolute atomic E-state index is 0.0286. The monoisotopic (exact) mass is 460 g/mol. The van der Waals surface area contributed by atoms with E-state index in [1.807, 2.05) is 31.2 Å². The largest absolute Gasteiger partial charge is 0.493 e. The summed E-state index contributed by atoms with van der Waals surface area (Å²) in [6.07, 6.45) is 10.8. The number of nitrogens with zero attached hydrogens (tertiary/aromatic N) is 1. The van der Waals surface area contributed by atoms with Gasteiger partial charge < -0.3 is 24.6 Å². The fourth-order valence-corrected chi connectivity index (χ4v) is 4.12. The summed E-state index contributed by atoms with van der Waals surface area (Å²) in [4.78, 5) is 2.40. The van der Waals surface area contributed by atoms with Gasteiger partial charge in [0.15, 0.2) is 11.5 Å². The minimum Gasteiger partial charge on any atom is -0.493 e. The summed E-state index contributed by atoms with van der Waals surface area (Å²) in [5.74, 6) is 2.04. The molecule has 6 nitrogen and oxygen atoms in total. The Kier molecular flexibility index (Phi) is 10.2. The lowest BCUT2D eigenvalue weighted by Crippen LogP contribution is -2.44. The van der Waals surface area contributed by atoms with Gasteiger partial charge in [-0.05, 0) is 69.9 Å². The third-order valence-corrected chi connectivity index (χ3v) is 6.05. The molecule has 0 aromatic heterocycles. The van der Waals surface area contributed by atoms with E-state index in [4.69, 9.17) is 14.2 Å². The number of halogens is 1. The molecule has 0 unspecified atom stereocenters. The molecule has 0 radical (unpaired) electrons. The highest BCUT2D eigenvalue weighted by molar-refractivity contribution is 5.41. The van der Waals surface area contributed by atoms with Crippen molar-refractivity contribution < 1.29 is 23.7 Å². The molecule has 2 heterocycles. The molecule has 2 aliphatic heterocycles. The number of piperidine rings is 1. The Morgan fingerprint density at radius 1 is 1.33 bits per heavy atom. The zero-order chi connectivity index (χ0) is 23.5. The van der Waals surface area contributed by atoms with Gasteiger partial charge in [0.05, 0.1) is 12.6 Å². The second-order valence-electron chi connectivity index (χ2n) is 8.67. The molecule has 1 aromatic rings. The van der Waals surface area contributed by atoms with Gasteiger partial charge in [-0.2, -0.15) is 0 Å². The Morgan fingerprint density at radius 3 is 2.91 bits per heavy atom. The van der Waals surface area contributed by atoms with Gasteiger partial charge in [-0.3, -0.25) is 4.90 Å². The molecule has 3 rings (SSSR count). The summed E-state index contributed by atoms with van der Waals surface area (Å²) in [5.41, 5.74) is 0. The molecule has 0 amide bonds. The Bertz CT molecular complexity index is 805. The number of fused-ring (bicyclic) bond motifs is 1. The summed E-state index contributed by atoms with van der Waals surface area (Å²) in [7, 11) is 0. The average Bonchev–Trinajstić information content (AvgIpc) is 2.82. The number of nitrogens with one attached hydrogen (secondary N) is 1. The van der Waals surface area contributed by atoms with E-state index in [2.05, 4.69) is 16.8 Å². The van der Waals surface area contributed by atoms with Crippen LogP contribution < -0.4 is 14.8 Å². The highest BCUT2D eigenvalue weighted by Crippen LogP contribution is 2.32. The Labute approximate surface area is 196 Å². The van der Waals surface area contributed by atoms with Crippen LogP contribution in [0.4, 0.5) is 4.39 Å². The van der Waals surface area contributed by atoms with Crippen molar-refractivity contribution in [2.24, 2.45) is 5.92 Å². The molecule has 2 N–H and O–H groups in total. The molecule has 1 aromatic carbocycles. The molecule has 0 spiro atoms. The van der Waals surface area contributed by atoms with E-state index in [9.17, 15) is 9.50 Å². The fourth-order valence-electron chi connectivity index (χ4n) is 4.12. The second-order valence-corrected chi connectivity index (χ2v) is 8.67. The first-order valence-electron chi connectivity index (χ1n) is 11.8. The first kappa shape index (κ1) is 25.3.